The summed E-state index contributed by atoms with van der Waals surface area (Å²) in [7, 11) is 0. The Morgan fingerprint density at radius 3 is 2.03 bits per heavy atom. The van der Waals surface area contributed by atoms with Crippen molar-refractivity contribution in [2.45, 2.75) is 19.6 Å². The van der Waals surface area contributed by atoms with E-state index in [-0.39, 0.29) is 12.7 Å². The number of pyridine rings is 2. The molecule has 2 heterocycles. The number of ether oxygens (including phenoxy) is 1. The summed E-state index contributed by atoms with van der Waals surface area (Å²) in [5, 5.41) is 14.3. The van der Waals surface area contributed by atoms with Gasteiger partial charge in [0.15, 0.2) is 0 Å². The van der Waals surface area contributed by atoms with Crippen LogP contribution < -0.4 is 4.74 Å². The molecule has 180 valence electrons. The van der Waals surface area contributed by atoms with Gasteiger partial charge in [-0.1, -0.05) is 72.8 Å². The van der Waals surface area contributed by atoms with Crippen molar-refractivity contribution in [3.63, 3.8) is 0 Å². The zero-order valence-electron chi connectivity index (χ0n) is 20.5. The number of hydrogen-bond donors (Lipinski definition) is 1. The molecule has 0 saturated carbocycles. The van der Waals surface area contributed by atoms with Gasteiger partial charge in [-0.15, -0.1) is 0 Å². The van der Waals surface area contributed by atoms with Gasteiger partial charge >= 0.3 is 0 Å². The first-order valence-electron chi connectivity index (χ1n) is 12.4. The van der Waals surface area contributed by atoms with Crippen molar-refractivity contribution < 1.29 is 9.84 Å². The number of aromatic nitrogens is 2. The van der Waals surface area contributed by atoms with E-state index >= 15 is 0 Å². The van der Waals surface area contributed by atoms with Crippen molar-refractivity contribution in [1.29, 1.82) is 0 Å². The first kappa shape index (κ1) is 22.9. The van der Waals surface area contributed by atoms with Gasteiger partial charge in [-0.2, -0.15) is 0 Å². The molecule has 4 heteroatoms. The SMILES string of the molecule is CC(Oc1cc(CO)ccc1-c1cccc2ccncc12)c1ccc(-c2cccc3ccncc23)cc1. The summed E-state index contributed by atoms with van der Waals surface area (Å²) >= 11 is 0. The third-order valence-corrected chi connectivity index (χ3v) is 6.88. The summed E-state index contributed by atoms with van der Waals surface area (Å²) in [6, 6.07) is 31.0. The fourth-order valence-electron chi connectivity index (χ4n) is 4.89. The number of aliphatic hydroxyl groups is 1. The zero-order chi connectivity index (χ0) is 25.2. The molecule has 0 saturated heterocycles. The van der Waals surface area contributed by atoms with Gasteiger partial charge in [0.25, 0.3) is 0 Å². The average Bonchev–Trinajstić information content (AvgIpc) is 2.96. The van der Waals surface area contributed by atoms with E-state index < -0.39 is 0 Å². The lowest BCUT2D eigenvalue weighted by molar-refractivity contribution is 0.226. The van der Waals surface area contributed by atoms with Gasteiger partial charge in [-0.25, -0.2) is 0 Å². The summed E-state index contributed by atoms with van der Waals surface area (Å²) < 4.78 is 6.55. The predicted octanol–water partition coefficient (Wildman–Crippen LogP) is 7.75. The summed E-state index contributed by atoms with van der Waals surface area (Å²) in [5.74, 6) is 0.736. The van der Waals surface area contributed by atoms with E-state index in [1.807, 2.05) is 55.0 Å². The topological polar surface area (TPSA) is 55.2 Å². The Bertz CT molecular complexity index is 1700. The highest BCUT2D eigenvalue weighted by Crippen LogP contribution is 2.38. The predicted molar refractivity (Wildman–Crippen MR) is 149 cm³/mol. The maximum absolute atomic E-state index is 9.79. The largest absolute Gasteiger partial charge is 0.485 e. The number of aliphatic hydroxyl groups excluding tert-OH is 1. The number of benzene rings is 4. The van der Waals surface area contributed by atoms with Crippen LogP contribution in [0.2, 0.25) is 0 Å². The smallest absolute Gasteiger partial charge is 0.128 e. The maximum Gasteiger partial charge on any atom is 0.128 e. The maximum atomic E-state index is 9.79. The quantitative estimate of drug-likeness (QED) is 0.264. The molecule has 37 heavy (non-hydrogen) atoms. The highest BCUT2D eigenvalue weighted by atomic mass is 16.5. The molecule has 0 aliphatic rings. The number of hydrogen-bond acceptors (Lipinski definition) is 4. The van der Waals surface area contributed by atoms with E-state index in [0.717, 1.165) is 55.3 Å². The minimum absolute atomic E-state index is 0.0449. The molecule has 4 aromatic carbocycles. The monoisotopic (exact) mass is 482 g/mol. The highest BCUT2D eigenvalue weighted by Gasteiger charge is 2.15. The van der Waals surface area contributed by atoms with Crippen LogP contribution in [0.1, 0.15) is 24.2 Å². The van der Waals surface area contributed by atoms with Gasteiger partial charge in [0.05, 0.1) is 6.61 Å². The lowest BCUT2D eigenvalue weighted by Crippen LogP contribution is -2.05. The molecule has 1 N–H and O–H groups in total. The van der Waals surface area contributed by atoms with Gasteiger partial charge in [0.2, 0.25) is 0 Å². The van der Waals surface area contributed by atoms with E-state index in [1.165, 1.54) is 5.39 Å². The molecule has 0 bridgehead atoms. The van der Waals surface area contributed by atoms with Gasteiger partial charge in [0, 0.05) is 41.1 Å². The van der Waals surface area contributed by atoms with Crippen LogP contribution in [0.25, 0.3) is 43.8 Å². The Morgan fingerprint density at radius 1 is 0.703 bits per heavy atom. The van der Waals surface area contributed by atoms with Crippen LogP contribution in [-0.4, -0.2) is 15.1 Å². The van der Waals surface area contributed by atoms with Crippen LogP contribution in [0, 0.1) is 0 Å². The van der Waals surface area contributed by atoms with E-state index in [9.17, 15) is 5.11 Å². The Morgan fingerprint density at radius 2 is 1.35 bits per heavy atom. The third kappa shape index (κ3) is 4.44. The molecule has 0 aliphatic heterocycles. The van der Waals surface area contributed by atoms with Crippen molar-refractivity contribution in [3.8, 4) is 28.0 Å². The van der Waals surface area contributed by atoms with Crippen molar-refractivity contribution in [2.24, 2.45) is 0 Å². The molecule has 0 radical (unpaired) electrons. The molecule has 0 spiro atoms. The fourth-order valence-corrected chi connectivity index (χ4v) is 4.89. The van der Waals surface area contributed by atoms with Crippen molar-refractivity contribution >= 4 is 21.5 Å². The molecule has 1 atom stereocenters. The molecular formula is C33H26N2O2. The molecule has 0 amide bonds. The van der Waals surface area contributed by atoms with Crippen LogP contribution in [0.4, 0.5) is 0 Å². The Labute approximate surface area is 215 Å². The van der Waals surface area contributed by atoms with Crippen molar-refractivity contribution in [2.75, 3.05) is 0 Å². The van der Waals surface area contributed by atoms with E-state index in [4.69, 9.17) is 4.74 Å². The average molecular weight is 483 g/mol. The Balaban J connectivity index is 1.34. The lowest BCUT2D eigenvalue weighted by atomic mass is 9.97. The van der Waals surface area contributed by atoms with Gasteiger partial charge in [-0.3, -0.25) is 9.97 Å². The molecule has 0 aliphatic carbocycles. The lowest BCUT2D eigenvalue weighted by Gasteiger charge is -2.20. The van der Waals surface area contributed by atoms with Crippen LogP contribution in [0.15, 0.2) is 116 Å². The standard InChI is InChI=1S/C33H26N2O2/c1-22(24-9-11-27(12-10-24)28-6-2-4-25-14-16-34-19-31(25)28)37-33-18-23(21-36)8-13-30(33)29-7-3-5-26-15-17-35-20-32(26)29/h2-20,22,36H,21H2,1H3. The van der Waals surface area contributed by atoms with Crippen molar-refractivity contribution in [3.05, 3.63) is 127 Å². The summed E-state index contributed by atoms with van der Waals surface area (Å²) in [4.78, 5) is 8.65. The molecule has 6 aromatic rings. The van der Waals surface area contributed by atoms with Crippen LogP contribution in [0.3, 0.4) is 0 Å². The first-order valence-corrected chi connectivity index (χ1v) is 12.4. The Hall–Kier alpha value is -4.54. The Kier molecular flexibility index (Phi) is 6.09. The van der Waals surface area contributed by atoms with E-state index in [1.54, 1.807) is 6.20 Å². The summed E-state index contributed by atoms with van der Waals surface area (Å²) in [6.45, 7) is 2.01. The van der Waals surface area contributed by atoms with Gasteiger partial charge < -0.3 is 9.84 Å². The summed E-state index contributed by atoms with van der Waals surface area (Å²) in [5.41, 5.74) is 6.21. The minimum Gasteiger partial charge on any atom is -0.485 e. The molecule has 6 rings (SSSR count). The molecule has 1 unspecified atom stereocenters. The second-order valence-electron chi connectivity index (χ2n) is 9.18. The molecular weight excluding hydrogens is 456 g/mol. The molecule has 2 aromatic heterocycles. The van der Waals surface area contributed by atoms with Crippen LogP contribution in [0.5, 0.6) is 5.75 Å². The minimum atomic E-state index is -0.191. The second-order valence-corrected chi connectivity index (χ2v) is 9.18. The van der Waals surface area contributed by atoms with E-state index in [2.05, 4.69) is 71.5 Å². The van der Waals surface area contributed by atoms with Gasteiger partial charge in [-0.05, 0) is 63.7 Å². The fraction of sp³-hybridized carbons (Fsp3) is 0.0909. The second kappa shape index (κ2) is 9.84. The highest BCUT2D eigenvalue weighted by molar-refractivity contribution is 5.98. The number of fused-ring (bicyclic) bond motifs is 2. The third-order valence-electron chi connectivity index (χ3n) is 6.88. The number of nitrogens with zero attached hydrogens (tertiary/aromatic N) is 2. The first-order chi connectivity index (χ1) is 18.2. The summed E-state index contributed by atoms with van der Waals surface area (Å²) in [6.07, 6.45) is 7.24. The normalized spacial score (nSPS) is 12.1. The number of rotatable bonds is 6. The van der Waals surface area contributed by atoms with Gasteiger partial charge in [0.1, 0.15) is 11.9 Å². The van der Waals surface area contributed by atoms with Crippen molar-refractivity contribution in [1.82, 2.24) is 9.97 Å². The van der Waals surface area contributed by atoms with E-state index in [0.29, 0.717) is 0 Å². The molecule has 4 nitrogen and oxygen atoms in total. The zero-order valence-corrected chi connectivity index (χ0v) is 20.5. The van der Waals surface area contributed by atoms with Crippen LogP contribution in [-0.2, 0) is 6.61 Å². The molecule has 0 fully saturated rings. The van der Waals surface area contributed by atoms with Crippen LogP contribution >= 0.6 is 0 Å².